The average molecular weight is 291 g/mol. The third-order valence-corrected chi connectivity index (χ3v) is 2.71. The molecule has 0 bridgehead atoms. The van der Waals surface area contributed by atoms with Crippen molar-refractivity contribution in [1.29, 1.82) is 0 Å². The van der Waals surface area contributed by atoms with Crippen molar-refractivity contribution in [3.8, 4) is 11.5 Å². The summed E-state index contributed by atoms with van der Waals surface area (Å²) >= 11 is 5.84. The van der Waals surface area contributed by atoms with Gasteiger partial charge in [-0.1, -0.05) is 11.6 Å². The number of hydrogen-bond acceptors (Lipinski definition) is 6. The molecule has 1 atom stereocenters. The van der Waals surface area contributed by atoms with Crippen molar-refractivity contribution in [2.24, 2.45) is 5.73 Å². The van der Waals surface area contributed by atoms with Gasteiger partial charge in [0.2, 0.25) is 5.75 Å². The predicted molar refractivity (Wildman–Crippen MR) is 65.8 cm³/mol. The number of carboxylic acid groups (broad SMARTS) is 1. The van der Waals surface area contributed by atoms with Gasteiger partial charge in [-0.3, -0.25) is 14.9 Å². The largest absolute Gasteiger partial charge is 0.493 e. The van der Waals surface area contributed by atoms with E-state index in [9.17, 15) is 14.9 Å². The molecule has 1 aromatic carbocycles. The molecule has 0 fully saturated rings. The van der Waals surface area contributed by atoms with Crippen molar-refractivity contribution in [2.45, 2.75) is 6.04 Å². The average Bonchev–Trinajstić information content (AvgIpc) is 2.35. The maximum Gasteiger partial charge on any atom is 0.325 e. The molecule has 1 aromatic rings. The molecule has 0 aliphatic heterocycles. The highest BCUT2D eigenvalue weighted by molar-refractivity contribution is 6.32. The summed E-state index contributed by atoms with van der Waals surface area (Å²) in [6.45, 7) is 0. The van der Waals surface area contributed by atoms with Gasteiger partial charge in [0.15, 0.2) is 5.75 Å². The van der Waals surface area contributed by atoms with E-state index in [1.807, 2.05) is 0 Å². The number of nitro groups is 1. The number of carbonyl (C=O) groups is 1. The summed E-state index contributed by atoms with van der Waals surface area (Å²) < 4.78 is 9.78. The molecule has 3 N–H and O–H groups in total. The van der Waals surface area contributed by atoms with Crippen LogP contribution in [0, 0.1) is 10.1 Å². The molecule has 0 saturated heterocycles. The minimum atomic E-state index is -1.65. The smallest absolute Gasteiger partial charge is 0.325 e. The highest BCUT2D eigenvalue weighted by Crippen LogP contribution is 2.45. The topological polar surface area (TPSA) is 125 Å². The minimum absolute atomic E-state index is 0.0144. The molecule has 0 radical (unpaired) electrons. The highest BCUT2D eigenvalue weighted by atomic mass is 35.5. The minimum Gasteiger partial charge on any atom is -0.493 e. The summed E-state index contributed by atoms with van der Waals surface area (Å²) in [7, 11) is 2.46. The zero-order chi connectivity index (χ0) is 14.7. The van der Waals surface area contributed by atoms with Gasteiger partial charge in [0.25, 0.3) is 0 Å². The van der Waals surface area contributed by atoms with Gasteiger partial charge >= 0.3 is 11.7 Å². The second kappa shape index (κ2) is 5.72. The van der Waals surface area contributed by atoms with Gasteiger partial charge in [0.05, 0.1) is 29.7 Å². The molecule has 19 heavy (non-hydrogen) atoms. The van der Waals surface area contributed by atoms with Gasteiger partial charge < -0.3 is 20.3 Å². The van der Waals surface area contributed by atoms with Crippen molar-refractivity contribution in [3.63, 3.8) is 0 Å². The Morgan fingerprint density at radius 1 is 1.53 bits per heavy atom. The zero-order valence-electron chi connectivity index (χ0n) is 10.0. The van der Waals surface area contributed by atoms with Crippen molar-refractivity contribution in [2.75, 3.05) is 14.2 Å². The lowest BCUT2D eigenvalue weighted by atomic mass is 10.0. The Morgan fingerprint density at radius 2 is 2.11 bits per heavy atom. The number of carboxylic acids is 1. The van der Waals surface area contributed by atoms with Gasteiger partial charge in [-0.15, -0.1) is 0 Å². The molecular weight excluding hydrogens is 280 g/mol. The molecule has 0 heterocycles. The third kappa shape index (κ3) is 2.69. The van der Waals surface area contributed by atoms with Crippen LogP contribution in [-0.4, -0.2) is 30.2 Å². The molecule has 0 saturated carbocycles. The summed E-state index contributed by atoms with van der Waals surface area (Å²) in [6, 6.07) is -0.432. The van der Waals surface area contributed by atoms with Gasteiger partial charge in [-0.25, -0.2) is 0 Å². The maximum atomic E-state index is 11.1. The van der Waals surface area contributed by atoms with E-state index in [4.69, 9.17) is 31.9 Å². The second-order valence-corrected chi connectivity index (χ2v) is 3.84. The molecule has 0 aliphatic rings. The van der Waals surface area contributed by atoms with E-state index in [2.05, 4.69) is 0 Å². The zero-order valence-corrected chi connectivity index (χ0v) is 10.8. The first kappa shape index (κ1) is 15.0. The molecule has 104 valence electrons. The summed E-state index contributed by atoms with van der Waals surface area (Å²) in [5.41, 5.74) is 4.45. The van der Waals surface area contributed by atoms with E-state index >= 15 is 0 Å². The number of nitrogens with zero attached hydrogens (tertiary/aromatic N) is 1. The van der Waals surface area contributed by atoms with Crippen LogP contribution in [0.3, 0.4) is 0 Å². The first-order valence-corrected chi connectivity index (χ1v) is 5.30. The summed E-state index contributed by atoms with van der Waals surface area (Å²) in [5.74, 6) is -1.67. The number of hydrogen-bond donors (Lipinski definition) is 2. The second-order valence-electron chi connectivity index (χ2n) is 3.43. The van der Waals surface area contributed by atoms with Crippen molar-refractivity contribution in [3.05, 3.63) is 26.8 Å². The standard InChI is InChI=1S/C10H11ClN2O6/c1-18-5-3-4(11)6(7(12)10(14)15)8(13(16)17)9(5)19-2/h3,7H,12H2,1-2H3,(H,14,15)/t7-/m0/s1. The van der Waals surface area contributed by atoms with Gasteiger partial charge in [0, 0.05) is 6.07 Å². The van der Waals surface area contributed by atoms with Crippen LogP contribution in [0.25, 0.3) is 0 Å². The molecule has 0 aliphatic carbocycles. The Balaban J connectivity index is 3.71. The lowest BCUT2D eigenvalue weighted by molar-refractivity contribution is -0.386. The molecule has 0 amide bonds. The van der Waals surface area contributed by atoms with E-state index < -0.39 is 22.6 Å². The van der Waals surface area contributed by atoms with Gasteiger partial charge in [0.1, 0.15) is 6.04 Å². The molecule has 8 nitrogen and oxygen atoms in total. The van der Waals surface area contributed by atoms with Crippen molar-refractivity contribution in [1.82, 2.24) is 0 Å². The van der Waals surface area contributed by atoms with Crippen LogP contribution >= 0.6 is 11.6 Å². The highest BCUT2D eigenvalue weighted by Gasteiger charge is 2.34. The van der Waals surface area contributed by atoms with Crippen molar-refractivity contribution < 1.29 is 24.3 Å². The Morgan fingerprint density at radius 3 is 2.47 bits per heavy atom. The SMILES string of the molecule is COc1cc(Cl)c([C@H](N)C(=O)O)c([N+](=O)[O-])c1OC. The van der Waals surface area contributed by atoms with E-state index in [-0.39, 0.29) is 22.1 Å². The number of ether oxygens (including phenoxy) is 2. The van der Waals surface area contributed by atoms with E-state index in [1.165, 1.54) is 20.3 Å². The van der Waals surface area contributed by atoms with Crippen LogP contribution in [0.15, 0.2) is 6.07 Å². The lowest BCUT2D eigenvalue weighted by Crippen LogP contribution is -2.22. The quantitative estimate of drug-likeness (QED) is 0.619. The fourth-order valence-electron chi connectivity index (χ4n) is 1.56. The first-order valence-electron chi connectivity index (χ1n) is 4.92. The Bertz CT molecular complexity index is 533. The third-order valence-electron chi connectivity index (χ3n) is 2.39. The maximum absolute atomic E-state index is 11.1. The first-order chi connectivity index (χ1) is 8.84. The lowest BCUT2D eigenvalue weighted by Gasteiger charge is -2.15. The Hall–Kier alpha value is -2.06. The van der Waals surface area contributed by atoms with Crippen LogP contribution in [0.4, 0.5) is 5.69 Å². The number of rotatable bonds is 5. The fourth-order valence-corrected chi connectivity index (χ4v) is 1.87. The summed E-state index contributed by atoms with van der Waals surface area (Å²) in [6.07, 6.45) is 0. The number of nitrogens with two attached hydrogens (primary N) is 1. The number of aliphatic carboxylic acids is 1. The molecule has 9 heteroatoms. The van der Waals surface area contributed by atoms with Gasteiger partial charge in [-0.05, 0) is 0 Å². The number of nitro benzene ring substituents is 1. The molecule has 0 unspecified atom stereocenters. The number of benzene rings is 1. The summed E-state index contributed by atoms with van der Waals surface area (Å²) in [5, 5.41) is 19.8. The van der Waals surface area contributed by atoms with Crippen LogP contribution in [0.5, 0.6) is 11.5 Å². The van der Waals surface area contributed by atoms with E-state index in [1.54, 1.807) is 0 Å². The Labute approximate surface area is 112 Å². The van der Waals surface area contributed by atoms with Crippen LogP contribution < -0.4 is 15.2 Å². The summed E-state index contributed by atoms with van der Waals surface area (Å²) in [4.78, 5) is 21.2. The Kier molecular flexibility index (Phi) is 4.52. The fraction of sp³-hybridized carbons (Fsp3) is 0.300. The molecule has 0 spiro atoms. The van der Waals surface area contributed by atoms with Gasteiger partial charge in [-0.2, -0.15) is 0 Å². The normalized spacial score (nSPS) is 11.8. The molecule has 1 rings (SSSR count). The number of methoxy groups -OCH3 is 2. The monoisotopic (exact) mass is 290 g/mol. The number of halogens is 1. The predicted octanol–water partition coefficient (Wildman–Crippen LogP) is 1.35. The van der Waals surface area contributed by atoms with Crippen LogP contribution in [-0.2, 0) is 4.79 Å². The van der Waals surface area contributed by atoms with Crippen LogP contribution in [0.2, 0.25) is 5.02 Å². The van der Waals surface area contributed by atoms with Crippen molar-refractivity contribution >= 4 is 23.3 Å². The van der Waals surface area contributed by atoms with E-state index in [0.717, 1.165) is 0 Å². The van der Waals surface area contributed by atoms with Crippen LogP contribution in [0.1, 0.15) is 11.6 Å². The van der Waals surface area contributed by atoms with E-state index in [0.29, 0.717) is 0 Å². The molecular formula is C10H11ClN2O6. The molecule has 0 aromatic heterocycles.